The third kappa shape index (κ3) is 3.49. The summed E-state index contributed by atoms with van der Waals surface area (Å²) in [5, 5.41) is 0.730. The molecular formula is C20H21ClN2O4. The van der Waals surface area contributed by atoms with E-state index >= 15 is 0 Å². The number of halogens is 1. The molecule has 6 nitrogen and oxygen atoms in total. The van der Waals surface area contributed by atoms with Gasteiger partial charge < -0.3 is 24.0 Å². The number of carbonyl (C=O) groups excluding carboxylic acids is 1. The standard InChI is InChI=1S/C20H21ClN2O4/c1-25-17-12-14(13-18-19(17)27-11-10-26-18)20(24)23-8-6-22(7-9-23)16-5-3-2-4-15(16)21/h2-5,12-13H,6-11H2,1H3. The van der Waals surface area contributed by atoms with Crippen LogP contribution in [0.4, 0.5) is 5.69 Å². The number of piperazine rings is 1. The maximum absolute atomic E-state index is 13.0. The molecule has 2 aliphatic heterocycles. The molecule has 0 bridgehead atoms. The molecule has 2 aromatic carbocycles. The van der Waals surface area contributed by atoms with E-state index in [2.05, 4.69) is 4.90 Å². The van der Waals surface area contributed by atoms with Gasteiger partial charge in [-0.1, -0.05) is 23.7 Å². The van der Waals surface area contributed by atoms with Gasteiger partial charge in [-0.25, -0.2) is 0 Å². The minimum atomic E-state index is -0.0379. The molecule has 0 radical (unpaired) electrons. The van der Waals surface area contributed by atoms with Gasteiger partial charge in [0.1, 0.15) is 13.2 Å². The third-order valence-electron chi connectivity index (χ3n) is 4.83. The molecule has 0 unspecified atom stereocenters. The molecule has 0 saturated carbocycles. The summed E-state index contributed by atoms with van der Waals surface area (Å²) in [6.45, 7) is 3.65. The lowest BCUT2D eigenvalue weighted by Gasteiger charge is -2.36. The summed E-state index contributed by atoms with van der Waals surface area (Å²) in [7, 11) is 1.56. The van der Waals surface area contributed by atoms with Gasteiger partial charge in [-0.15, -0.1) is 0 Å². The number of para-hydroxylation sites is 1. The van der Waals surface area contributed by atoms with Crippen LogP contribution in [0.2, 0.25) is 5.02 Å². The maximum Gasteiger partial charge on any atom is 0.254 e. The monoisotopic (exact) mass is 388 g/mol. The van der Waals surface area contributed by atoms with E-state index in [-0.39, 0.29) is 5.91 Å². The highest BCUT2D eigenvalue weighted by molar-refractivity contribution is 6.33. The highest BCUT2D eigenvalue weighted by Crippen LogP contribution is 2.40. The highest BCUT2D eigenvalue weighted by atomic mass is 35.5. The molecule has 0 aromatic heterocycles. The Balaban J connectivity index is 1.49. The lowest BCUT2D eigenvalue weighted by Crippen LogP contribution is -2.48. The summed E-state index contributed by atoms with van der Waals surface area (Å²) >= 11 is 6.29. The average molecular weight is 389 g/mol. The quantitative estimate of drug-likeness (QED) is 0.808. The van der Waals surface area contributed by atoms with E-state index in [0.29, 0.717) is 49.1 Å². The van der Waals surface area contributed by atoms with E-state index in [4.69, 9.17) is 25.8 Å². The molecule has 0 N–H and O–H groups in total. The number of benzene rings is 2. The summed E-state index contributed by atoms with van der Waals surface area (Å²) in [6, 6.07) is 11.2. The SMILES string of the molecule is COc1cc(C(=O)N2CCN(c3ccccc3Cl)CC2)cc2c1OCCO2. The van der Waals surface area contributed by atoms with Crippen LogP contribution in [0.5, 0.6) is 17.2 Å². The van der Waals surface area contributed by atoms with Gasteiger partial charge in [-0.05, 0) is 24.3 Å². The Kier molecular flexibility index (Phi) is 4.99. The number of carbonyl (C=O) groups is 1. The summed E-state index contributed by atoms with van der Waals surface area (Å²) in [4.78, 5) is 17.0. The van der Waals surface area contributed by atoms with Crippen molar-refractivity contribution in [2.24, 2.45) is 0 Å². The maximum atomic E-state index is 13.0. The first-order valence-corrected chi connectivity index (χ1v) is 9.31. The van der Waals surface area contributed by atoms with Crippen molar-refractivity contribution in [3.05, 3.63) is 47.0 Å². The van der Waals surface area contributed by atoms with Crippen molar-refractivity contribution < 1.29 is 19.0 Å². The molecular weight excluding hydrogens is 368 g/mol. The fourth-order valence-corrected chi connectivity index (χ4v) is 3.69. The Morgan fingerprint density at radius 3 is 2.56 bits per heavy atom. The predicted molar refractivity (Wildman–Crippen MR) is 104 cm³/mol. The van der Waals surface area contributed by atoms with Crippen LogP contribution in [0.3, 0.4) is 0 Å². The molecule has 0 atom stereocenters. The number of nitrogens with zero attached hydrogens (tertiary/aromatic N) is 2. The average Bonchev–Trinajstić information content (AvgIpc) is 2.73. The number of methoxy groups -OCH3 is 1. The van der Waals surface area contributed by atoms with E-state index in [9.17, 15) is 4.79 Å². The van der Waals surface area contributed by atoms with Crippen molar-refractivity contribution in [3.63, 3.8) is 0 Å². The van der Waals surface area contributed by atoms with E-state index in [0.717, 1.165) is 23.8 Å². The summed E-state index contributed by atoms with van der Waals surface area (Å²) in [5.74, 6) is 1.59. The van der Waals surface area contributed by atoms with Crippen LogP contribution in [0.25, 0.3) is 0 Å². The Labute approximate surface area is 163 Å². The van der Waals surface area contributed by atoms with Gasteiger partial charge in [0.05, 0.1) is 17.8 Å². The molecule has 2 aliphatic rings. The first kappa shape index (κ1) is 17.8. The van der Waals surface area contributed by atoms with E-state index in [1.54, 1.807) is 19.2 Å². The molecule has 7 heteroatoms. The normalized spacial score (nSPS) is 16.2. The fourth-order valence-electron chi connectivity index (χ4n) is 3.44. The molecule has 2 aromatic rings. The van der Waals surface area contributed by atoms with Gasteiger partial charge in [-0.3, -0.25) is 4.79 Å². The van der Waals surface area contributed by atoms with E-state index in [1.807, 2.05) is 29.2 Å². The molecule has 27 heavy (non-hydrogen) atoms. The number of rotatable bonds is 3. The van der Waals surface area contributed by atoms with Crippen molar-refractivity contribution in [1.29, 1.82) is 0 Å². The van der Waals surface area contributed by atoms with Gasteiger partial charge in [-0.2, -0.15) is 0 Å². The van der Waals surface area contributed by atoms with Crippen LogP contribution in [0, 0.1) is 0 Å². The Hall–Kier alpha value is -2.60. The van der Waals surface area contributed by atoms with Gasteiger partial charge in [0.2, 0.25) is 5.75 Å². The number of hydrogen-bond donors (Lipinski definition) is 0. The van der Waals surface area contributed by atoms with Gasteiger partial charge in [0.25, 0.3) is 5.91 Å². The number of fused-ring (bicyclic) bond motifs is 1. The minimum Gasteiger partial charge on any atom is -0.493 e. The molecule has 0 spiro atoms. The van der Waals surface area contributed by atoms with Crippen LogP contribution in [-0.4, -0.2) is 57.3 Å². The summed E-state index contributed by atoms with van der Waals surface area (Å²) in [6.07, 6.45) is 0. The van der Waals surface area contributed by atoms with Crippen LogP contribution >= 0.6 is 11.6 Å². The van der Waals surface area contributed by atoms with Crippen molar-refractivity contribution in [3.8, 4) is 17.2 Å². The molecule has 2 heterocycles. The zero-order valence-corrected chi connectivity index (χ0v) is 15.9. The number of amides is 1. The van der Waals surface area contributed by atoms with Crippen molar-refractivity contribution >= 4 is 23.2 Å². The smallest absolute Gasteiger partial charge is 0.254 e. The molecule has 1 fully saturated rings. The number of anilines is 1. The Morgan fingerprint density at radius 2 is 1.81 bits per heavy atom. The van der Waals surface area contributed by atoms with Gasteiger partial charge >= 0.3 is 0 Å². The lowest BCUT2D eigenvalue weighted by molar-refractivity contribution is 0.0745. The first-order valence-electron chi connectivity index (χ1n) is 8.94. The molecule has 1 saturated heterocycles. The van der Waals surface area contributed by atoms with Crippen LogP contribution < -0.4 is 19.1 Å². The second kappa shape index (κ2) is 7.56. The van der Waals surface area contributed by atoms with Gasteiger partial charge in [0, 0.05) is 31.7 Å². The topological polar surface area (TPSA) is 51.2 Å². The zero-order valence-electron chi connectivity index (χ0n) is 15.1. The van der Waals surface area contributed by atoms with Crippen LogP contribution in [-0.2, 0) is 0 Å². The van der Waals surface area contributed by atoms with Crippen molar-refractivity contribution in [2.45, 2.75) is 0 Å². The molecule has 1 amide bonds. The second-order valence-electron chi connectivity index (χ2n) is 6.43. The van der Waals surface area contributed by atoms with E-state index in [1.165, 1.54) is 0 Å². The summed E-state index contributed by atoms with van der Waals surface area (Å²) in [5.41, 5.74) is 1.55. The Bertz CT molecular complexity index is 833. The molecule has 0 aliphatic carbocycles. The number of hydrogen-bond acceptors (Lipinski definition) is 5. The van der Waals surface area contributed by atoms with Gasteiger partial charge in [0.15, 0.2) is 11.5 Å². The van der Waals surface area contributed by atoms with Crippen molar-refractivity contribution in [1.82, 2.24) is 4.90 Å². The Morgan fingerprint density at radius 1 is 1.07 bits per heavy atom. The third-order valence-corrected chi connectivity index (χ3v) is 5.15. The number of ether oxygens (including phenoxy) is 3. The first-order chi connectivity index (χ1) is 13.2. The van der Waals surface area contributed by atoms with Crippen LogP contribution in [0.1, 0.15) is 10.4 Å². The minimum absolute atomic E-state index is 0.0379. The second-order valence-corrected chi connectivity index (χ2v) is 6.84. The summed E-state index contributed by atoms with van der Waals surface area (Å²) < 4.78 is 16.6. The molecule has 4 rings (SSSR count). The fraction of sp³-hybridized carbons (Fsp3) is 0.350. The van der Waals surface area contributed by atoms with Crippen LogP contribution in [0.15, 0.2) is 36.4 Å². The predicted octanol–water partition coefficient (Wildman–Crippen LogP) is 3.08. The zero-order chi connectivity index (χ0) is 18.8. The molecule has 142 valence electrons. The van der Waals surface area contributed by atoms with Crippen molar-refractivity contribution in [2.75, 3.05) is 51.4 Å². The van der Waals surface area contributed by atoms with E-state index < -0.39 is 0 Å². The largest absolute Gasteiger partial charge is 0.493 e. The lowest BCUT2D eigenvalue weighted by atomic mass is 10.1. The highest BCUT2D eigenvalue weighted by Gasteiger charge is 2.26.